The highest BCUT2D eigenvalue weighted by Gasteiger charge is 2.17. The summed E-state index contributed by atoms with van der Waals surface area (Å²) in [4.78, 5) is 6.63. The fourth-order valence-corrected chi connectivity index (χ4v) is 6.48. The summed E-state index contributed by atoms with van der Waals surface area (Å²) >= 11 is 13.7. The summed E-state index contributed by atoms with van der Waals surface area (Å²) in [7, 11) is 0. The Bertz CT molecular complexity index is 1760. The average molecular weight is 720 g/mol. The van der Waals surface area contributed by atoms with Crippen molar-refractivity contribution in [2.45, 2.75) is 58.4 Å². The number of aliphatic hydroxyl groups is 2. The van der Waals surface area contributed by atoms with Crippen LogP contribution in [-0.2, 0) is 19.8 Å². The molecule has 0 aliphatic carbocycles. The lowest BCUT2D eigenvalue weighted by Gasteiger charge is -2.26. The van der Waals surface area contributed by atoms with Crippen molar-refractivity contribution in [2.75, 3.05) is 39.5 Å². The van der Waals surface area contributed by atoms with E-state index in [0.717, 1.165) is 46.5 Å². The summed E-state index contributed by atoms with van der Waals surface area (Å²) in [6.45, 7) is 6.26. The van der Waals surface area contributed by atoms with Gasteiger partial charge in [0.15, 0.2) is 0 Å². The summed E-state index contributed by atoms with van der Waals surface area (Å²) in [5.74, 6) is 1.73. The first-order valence-corrected chi connectivity index (χ1v) is 17.8. The van der Waals surface area contributed by atoms with Crippen molar-refractivity contribution in [3.8, 4) is 34.4 Å². The lowest BCUT2D eigenvalue weighted by atomic mass is 9.98. The van der Waals surface area contributed by atoms with Gasteiger partial charge in [-0.1, -0.05) is 60.0 Å². The van der Waals surface area contributed by atoms with E-state index in [-0.39, 0.29) is 33.0 Å². The van der Waals surface area contributed by atoms with Gasteiger partial charge in [0.25, 0.3) is 0 Å². The van der Waals surface area contributed by atoms with E-state index in [0.29, 0.717) is 39.3 Å². The highest BCUT2D eigenvalue weighted by molar-refractivity contribution is 6.34. The molecule has 1 fully saturated rings. The standard InChI is InChI=1S/C39H44Cl2N4O5/c1-27-33(9-6-11-36(27)48-15-7-14-45-12-3-2-4-13-45)34-10-5-8-30(39(34)41)26-50-38-18-37(49-25-29-16-28(19-42)20-43-21-29)31(17-35(38)40)22-44-32(23-46)24-47/h5-6,8-11,16-18,20-21,32,44,46-47H,2-4,7,12-15,22-26H2,1H3. The number of nitriles is 1. The Morgan fingerprint density at radius 3 is 2.42 bits per heavy atom. The van der Waals surface area contributed by atoms with E-state index in [1.807, 2.05) is 30.3 Å². The quantitative estimate of drug-likeness (QED) is 0.0983. The number of likely N-dealkylation sites (tertiary alicyclic amines) is 1. The van der Waals surface area contributed by atoms with Crippen LogP contribution in [0.1, 0.15) is 53.5 Å². The highest BCUT2D eigenvalue weighted by Crippen LogP contribution is 2.38. The zero-order valence-corrected chi connectivity index (χ0v) is 29.8. The summed E-state index contributed by atoms with van der Waals surface area (Å²) in [6.07, 6.45) is 8.02. The first kappa shape index (κ1) is 37.4. The van der Waals surface area contributed by atoms with E-state index >= 15 is 0 Å². The molecule has 0 saturated carbocycles. The van der Waals surface area contributed by atoms with Crippen LogP contribution in [0.15, 0.2) is 67.0 Å². The SMILES string of the molecule is Cc1c(OCCCN2CCCCC2)cccc1-c1cccc(COc2cc(OCc3cncc(C#N)c3)c(CNC(CO)CO)cc2Cl)c1Cl. The van der Waals surface area contributed by atoms with E-state index in [1.54, 1.807) is 24.4 Å². The maximum absolute atomic E-state index is 9.53. The van der Waals surface area contributed by atoms with Gasteiger partial charge in [-0.2, -0.15) is 5.26 Å². The van der Waals surface area contributed by atoms with Crippen LogP contribution < -0.4 is 19.5 Å². The lowest BCUT2D eigenvalue weighted by Crippen LogP contribution is -2.35. The molecule has 0 spiro atoms. The van der Waals surface area contributed by atoms with Crippen LogP contribution in [0.5, 0.6) is 17.2 Å². The van der Waals surface area contributed by atoms with Crippen LogP contribution in [0.2, 0.25) is 10.0 Å². The molecule has 0 radical (unpaired) electrons. The molecule has 1 saturated heterocycles. The molecule has 264 valence electrons. The van der Waals surface area contributed by atoms with E-state index in [1.165, 1.54) is 38.5 Å². The Kier molecular flexibility index (Phi) is 14.1. The molecule has 3 aromatic carbocycles. The number of nitrogens with one attached hydrogen (secondary N) is 1. The zero-order valence-electron chi connectivity index (χ0n) is 28.3. The molecule has 1 aliphatic heterocycles. The predicted octanol–water partition coefficient (Wildman–Crippen LogP) is 7.09. The molecule has 0 unspecified atom stereocenters. The summed E-state index contributed by atoms with van der Waals surface area (Å²) in [5, 5.41) is 32.4. The van der Waals surface area contributed by atoms with Crippen molar-refractivity contribution in [1.82, 2.24) is 15.2 Å². The number of hydrogen-bond acceptors (Lipinski definition) is 9. The van der Waals surface area contributed by atoms with Crippen molar-refractivity contribution in [2.24, 2.45) is 0 Å². The third-order valence-corrected chi connectivity index (χ3v) is 9.56. The topological polar surface area (TPSA) is 120 Å². The van der Waals surface area contributed by atoms with Gasteiger partial charge in [0.1, 0.15) is 36.5 Å². The second-order valence-corrected chi connectivity index (χ2v) is 13.2. The van der Waals surface area contributed by atoms with Crippen LogP contribution in [0.4, 0.5) is 0 Å². The van der Waals surface area contributed by atoms with Crippen molar-refractivity contribution in [3.05, 3.63) is 105 Å². The number of benzene rings is 3. The Morgan fingerprint density at radius 2 is 1.64 bits per heavy atom. The van der Waals surface area contributed by atoms with E-state index < -0.39 is 6.04 Å². The van der Waals surface area contributed by atoms with Crippen LogP contribution in [-0.4, -0.2) is 65.6 Å². The molecule has 0 atom stereocenters. The van der Waals surface area contributed by atoms with Gasteiger partial charge in [-0.05, 0) is 68.6 Å². The monoisotopic (exact) mass is 718 g/mol. The molecule has 1 aromatic heterocycles. The minimum absolute atomic E-state index is 0.147. The van der Waals surface area contributed by atoms with E-state index in [4.69, 9.17) is 37.4 Å². The van der Waals surface area contributed by atoms with Crippen LogP contribution in [0.25, 0.3) is 11.1 Å². The minimum Gasteiger partial charge on any atom is -0.493 e. The van der Waals surface area contributed by atoms with Gasteiger partial charge < -0.3 is 34.6 Å². The number of aliphatic hydroxyl groups excluding tert-OH is 2. The van der Waals surface area contributed by atoms with Crippen molar-refractivity contribution in [3.63, 3.8) is 0 Å². The Morgan fingerprint density at radius 1 is 0.880 bits per heavy atom. The number of halogens is 2. The second kappa shape index (κ2) is 18.9. The molecule has 1 aliphatic rings. The van der Waals surface area contributed by atoms with Crippen molar-refractivity contribution in [1.29, 1.82) is 5.26 Å². The number of ether oxygens (including phenoxy) is 3. The van der Waals surface area contributed by atoms with Crippen LogP contribution in [0, 0.1) is 18.3 Å². The van der Waals surface area contributed by atoms with E-state index in [9.17, 15) is 15.5 Å². The Hall–Kier alpha value is -3.88. The minimum atomic E-state index is -0.510. The molecule has 5 rings (SSSR count). The highest BCUT2D eigenvalue weighted by atomic mass is 35.5. The number of aromatic nitrogens is 1. The smallest absolute Gasteiger partial charge is 0.142 e. The molecular weight excluding hydrogens is 675 g/mol. The molecule has 0 bridgehead atoms. The molecule has 3 N–H and O–H groups in total. The van der Waals surface area contributed by atoms with Gasteiger partial charge in [0.2, 0.25) is 0 Å². The third-order valence-electron chi connectivity index (χ3n) is 8.82. The second-order valence-electron chi connectivity index (χ2n) is 12.4. The lowest BCUT2D eigenvalue weighted by molar-refractivity contribution is 0.170. The Labute approximate surface area is 304 Å². The molecule has 0 amide bonds. The van der Waals surface area contributed by atoms with Crippen molar-refractivity contribution >= 4 is 23.2 Å². The van der Waals surface area contributed by atoms with Crippen LogP contribution >= 0.6 is 23.2 Å². The summed E-state index contributed by atoms with van der Waals surface area (Å²) < 4.78 is 18.6. The van der Waals surface area contributed by atoms with E-state index in [2.05, 4.69) is 34.3 Å². The maximum atomic E-state index is 9.53. The molecule has 4 aromatic rings. The first-order valence-electron chi connectivity index (χ1n) is 17.0. The number of hydrogen-bond donors (Lipinski definition) is 3. The number of piperidine rings is 1. The van der Waals surface area contributed by atoms with Gasteiger partial charge in [0, 0.05) is 53.8 Å². The Balaban J connectivity index is 1.30. The van der Waals surface area contributed by atoms with Crippen LogP contribution in [0.3, 0.4) is 0 Å². The zero-order chi connectivity index (χ0) is 35.3. The molecule has 11 heteroatoms. The molecule has 2 heterocycles. The number of pyridine rings is 1. The van der Waals surface area contributed by atoms with Gasteiger partial charge in [-0.3, -0.25) is 4.98 Å². The predicted molar refractivity (Wildman–Crippen MR) is 196 cm³/mol. The number of rotatable bonds is 17. The third kappa shape index (κ3) is 10.1. The molecule has 9 nitrogen and oxygen atoms in total. The fraction of sp³-hybridized carbons (Fsp3) is 0.385. The summed E-state index contributed by atoms with van der Waals surface area (Å²) in [6, 6.07) is 18.7. The van der Waals surface area contributed by atoms with Gasteiger partial charge >= 0.3 is 0 Å². The van der Waals surface area contributed by atoms with Crippen molar-refractivity contribution < 1.29 is 24.4 Å². The maximum Gasteiger partial charge on any atom is 0.142 e. The average Bonchev–Trinajstić information content (AvgIpc) is 3.14. The van der Waals surface area contributed by atoms with Gasteiger partial charge in [-0.15, -0.1) is 0 Å². The van der Waals surface area contributed by atoms with Gasteiger partial charge in [-0.25, -0.2) is 0 Å². The molecular formula is C39H44Cl2N4O5. The van der Waals surface area contributed by atoms with Gasteiger partial charge in [0.05, 0.1) is 41.5 Å². The summed E-state index contributed by atoms with van der Waals surface area (Å²) in [5.41, 5.74) is 5.54. The largest absolute Gasteiger partial charge is 0.493 e. The normalized spacial score (nSPS) is 13.3. The first-order chi connectivity index (χ1) is 24.4. The molecule has 50 heavy (non-hydrogen) atoms. The number of nitrogens with zero attached hydrogens (tertiary/aromatic N) is 3. The fourth-order valence-electron chi connectivity index (χ4n) is 5.96.